The van der Waals surface area contributed by atoms with Gasteiger partial charge in [-0.1, -0.05) is 22.0 Å². The molecule has 0 aliphatic heterocycles. The highest BCUT2D eigenvalue weighted by Crippen LogP contribution is 2.19. The highest BCUT2D eigenvalue weighted by molar-refractivity contribution is 9.10. The van der Waals surface area contributed by atoms with E-state index in [0.29, 0.717) is 16.9 Å². The average Bonchev–Trinajstić information content (AvgIpc) is 2.55. The zero-order chi connectivity index (χ0) is 18.4. The molecule has 0 aliphatic rings. The summed E-state index contributed by atoms with van der Waals surface area (Å²) < 4.78 is 0.791. The number of amides is 3. The molecule has 0 unspecified atom stereocenters. The first kappa shape index (κ1) is 18.7. The van der Waals surface area contributed by atoms with Gasteiger partial charge >= 0.3 is 0 Å². The van der Waals surface area contributed by atoms with Crippen molar-refractivity contribution in [2.24, 2.45) is 0 Å². The molecule has 0 saturated carbocycles. The second-order valence-corrected chi connectivity index (χ2v) is 6.37. The van der Waals surface area contributed by atoms with Crippen LogP contribution in [0.1, 0.15) is 22.8 Å². The van der Waals surface area contributed by atoms with Gasteiger partial charge in [-0.3, -0.25) is 14.4 Å². The number of halogens is 1. The molecule has 0 atom stereocenters. The molecule has 3 amide bonds. The van der Waals surface area contributed by atoms with Gasteiger partial charge in [0.25, 0.3) is 5.91 Å². The minimum absolute atomic E-state index is 0.141. The quantitative estimate of drug-likeness (QED) is 0.716. The SMILES string of the molecule is CC(=O)Nc1ccc(NC(=O)CNC(=O)c2cccc(Br)c2)cc1C. The lowest BCUT2D eigenvalue weighted by Crippen LogP contribution is -2.32. The molecule has 0 saturated heterocycles. The van der Waals surface area contributed by atoms with E-state index < -0.39 is 0 Å². The molecule has 0 heterocycles. The maximum absolute atomic E-state index is 12.0. The van der Waals surface area contributed by atoms with E-state index >= 15 is 0 Å². The van der Waals surface area contributed by atoms with Crippen LogP contribution in [0.5, 0.6) is 0 Å². The van der Waals surface area contributed by atoms with Crippen LogP contribution in [-0.4, -0.2) is 24.3 Å². The van der Waals surface area contributed by atoms with E-state index in [2.05, 4.69) is 31.9 Å². The molecule has 0 bridgehead atoms. The van der Waals surface area contributed by atoms with E-state index in [9.17, 15) is 14.4 Å². The molecule has 0 radical (unpaired) electrons. The maximum Gasteiger partial charge on any atom is 0.251 e. The van der Waals surface area contributed by atoms with E-state index in [1.165, 1.54) is 6.92 Å². The summed E-state index contributed by atoms with van der Waals surface area (Å²) in [5, 5.41) is 7.98. The lowest BCUT2D eigenvalue weighted by Gasteiger charge is -2.11. The lowest BCUT2D eigenvalue weighted by atomic mass is 10.1. The summed E-state index contributed by atoms with van der Waals surface area (Å²) in [5.41, 5.74) is 2.57. The van der Waals surface area contributed by atoms with Gasteiger partial charge in [0.2, 0.25) is 11.8 Å². The van der Waals surface area contributed by atoms with Crippen molar-refractivity contribution in [1.82, 2.24) is 5.32 Å². The zero-order valence-electron chi connectivity index (χ0n) is 13.9. The van der Waals surface area contributed by atoms with Gasteiger partial charge in [0.05, 0.1) is 6.54 Å². The zero-order valence-corrected chi connectivity index (χ0v) is 15.4. The number of anilines is 2. The predicted octanol–water partition coefficient (Wildman–Crippen LogP) is 3.08. The van der Waals surface area contributed by atoms with Crippen LogP contribution >= 0.6 is 15.9 Å². The van der Waals surface area contributed by atoms with Crippen molar-refractivity contribution in [2.75, 3.05) is 17.2 Å². The Morgan fingerprint density at radius 1 is 1.04 bits per heavy atom. The van der Waals surface area contributed by atoms with Gasteiger partial charge in [-0.05, 0) is 48.9 Å². The summed E-state index contributed by atoms with van der Waals surface area (Å²) in [7, 11) is 0. The number of rotatable bonds is 5. The lowest BCUT2D eigenvalue weighted by molar-refractivity contribution is -0.115. The Hall–Kier alpha value is -2.67. The number of benzene rings is 2. The number of carbonyl (C=O) groups is 3. The normalized spacial score (nSPS) is 10.0. The Labute approximate surface area is 154 Å². The van der Waals surface area contributed by atoms with Crippen LogP contribution in [-0.2, 0) is 9.59 Å². The molecular weight excluding hydrogens is 386 g/mol. The molecule has 130 valence electrons. The van der Waals surface area contributed by atoms with E-state index in [1.807, 2.05) is 13.0 Å². The third kappa shape index (κ3) is 5.72. The molecule has 6 nitrogen and oxygen atoms in total. The van der Waals surface area contributed by atoms with Crippen molar-refractivity contribution in [3.05, 3.63) is 58.1 Å². The van der Waals surface area contributed by atoms with Gasteiger partial charge in [0.15, 0.2) is 0 Å². The summed E-state index contributed by atoms with van der Waals surface area (Å²) in [6.45, 7) is 3.12. The minimum atomic E-state index is -0.338. The molecule has 0 fully saturated rings. The number of carbonyl (C=O) groups excluding carboxylic acids is 3. The molecule has 3 N–H and O–H groups in total. The first-order valence-electron chi connectivity index (χ1n) is 7.57. The predicted molar refractivity (Wildman–Crippen MR) is 101 cm³/mol. The van der Waals surface area contributed by atoms with E-state index in [4.69, 9.17) is 0 Å². The van der Waals surface area contributed by atoms with Crippen LogP contribution in [0.15, 0.2) is 46.9 Å². The van der Waals surface area contributed by atoms with Gasteiger partial charge in [-0.15, -0.1) is 0 Å². The molecule has 0 aromatic heterocycles. The third-order valence-electron chi connectivity index (χ3n) is 3.32. The Morgan fingerprint density at radius 3 is 2.44 bits per heavy atom. The van der Waals surface area contributed by atoms with Crippen molar-refractivity contribution in [1.29, 1.82) is 0 Å². The van der Waals surface area contributed by atoms with Gasteiger partial charge in [0, 0.05) is 28.3 Å². The smallest absolute Gasteiger partial charge is 0.251 e. The number of aryl methyl sites for hydroxylation is 1. The third-order valence-corrected chi connectivity index (χ3v) is 3.81. The molecule has 2 aromatic rings. The van der Waals surface area contributed by atoms with Gasteiger partial charge in [0.1, 0.15) is 0 Å². The van der Waals surface area contributed by atoms with Crippen LogP contribution in [0.25, 0.3) is 0 Å². The maximum atomic E-state index is 12.0. The van der Waals surface area contributed by atoms with Crippen LogP contribution in [0.4, 0.5) is 11.4 Å². The van der Waals surface area contributed by atoms with Crippen molar-refractivity contribution >= 4 is 45.0 Å². The fourth-order valence-electron chi connectivity index (χ4n) is 2.17. The minimum Gasteiger partial charge on any atom is -0.343 e. The molecular formula is C18H18BrN3O3. The first-order valence-corrected chi connectivity index (χ1v) is 8.36. The van der Waals surface area contributed by atoms with E-state index in [1.54, 1.807) is 36.4 Å². The van der Waals surface area contributed by atoms with Crippen LogP contribution in [0.2, 0.25) is 0 Å². The molecule has 0 spiro atoms. The Morgan fingerprint density at radius 2 is 1.80 bits per heavy atom. The second-order valence-electron chi connectivity index (χ2n) is 5.45. The largest absolute Gasteiger partial charge is 0.343 e. The molecule has 2 aromatic carbocycles. The Bertz CT molecular complexity index is 821. The first-order chi connectivity index (χ1) is 11.8. The van der Waals surface area contributed by atoms with Gasteiger partial charge in [-0.25, -0.2) is 0 Å². The summed E-state index contributed by atoms with van der Waals surface area (Å²) in [4.78, 5) is 35.1. The topological polar surface area (TPSA) is 87.3 Å². The highest BCUT2D eigenvalue weighted by atomic mass is 79.9. The van der Waals surface area contributed by atoms with Crippen molar-refractivity contribution in [2.45, 2.75) is 13.8 Å². The number of hydrogen-bond donors (Lipinski definition) is 3. The van der Waals surface area contributed by atoms with E-state index in [0.717, 1.165) is 10.0 Å². The van der Waals surface area contributed by atoms with Crippen LogP contribution < -0.4 is 16.0 Å². The Balaban J connectivity index is 1.91. The molecule has 7 heteroatoms. The van der Waals surface area contributed by atoms with Crippen LogP contribution in [0.3, 0.4) is 0 Å². The molecule has 0 aliphatic carbocycles. The number of nitrogens with one attached hydrogen (secondary N) is 3. The summed E-state index contributed by atoms with van der Waals surface area (Å²) in [6.07, 6.45) is 0. The standard InChI is InChI=1S/C18H18BrN3O3/c1-11-8-15(6-7-16(11)21-12(2)23)22-17(24)10-20-18(25)13-4-3-5-14(19)9-13/h3-9H,10H2,1-2H3,(H,20,25)(H,21,23)(H,22,24). The summed E-state index contributed by atoms with van der Waals surface area (Å²) >= 11 is 3.30. The summed E-state index contributed by atoms with van der Waals surface area (Å²) in [6, 6.07) is 12.1. The second kappa shape index (κ2) is 8.43. The van der Waals surface area contributed by atoms with E-state index in [-0.39, 0.29) is 24.3 Å². The monoisotopic (exact) mass is 403 g/mol. The van der Waals surface area contributed by atoms with Gasteiger partial charge < -0.3 is 16.0 Å². The van der Waals surface area contributed by atoms with Crippen molar-refractivity contribution < 1.29 is 14.4 Å². The average molecular weight is 404 g/mol. The van der Waals surface area contributed by atoms with Crippen molar-refractivity contribution in [3.8, 4) is 0 Å². The summed E-state index contributed by atoms with van der Waals surface area (Å²) in [5.74, 6) is -0.821. The number of hydrogen-bond acceptors (Lipinski definition) is 3. The van der Waals surface area contributed by atoms with Crippen molar-refractivity contribution in [3.63, 3.8) is 0 Å². The molecule has 25 heavy (non-hydrogen) atoms. The highest BCUT2D eigenvalue weighted by Gasteiger charge is 2.09. The fourth-order valence-corrected chi connectivity index (χ4v) is 2.57. The van der Waals surface area contributed by atoms with Crippen LogP contribution in [0, 0.1) is 6.92 Å². The Kier molecular flexibility index (Phi) is 6.30. The van der Waals surface area contributed by atoms with Gasteiger partial charge in [-0.2, -0.15) is 0 Å². The fraction of sp³-hybridized carbons (Fsp3) is 0.167. The molecule has 2 rings (SSSR count).